The van der Waals surface area contributed by atoms with Crippen molar-refractivity contribution in [1.82, 2.24) is 15.0 Å². The minimum atomic E-state index is -0.151. The van der Waals surface area contributed by atoms with E-state index in [1.807, 2.05) is 18.2 Å². The van der Waals surface area contributed by atoms with E-state index in [9.17, 15) is 9.59 Å². The van der Waals surface area contributed by atoms with E-state index in [-0.39, 0.29) is 17.9 Å². The molecule has 1 aromatic carbocycles. The van der Waals surface area contributed by atoms with Crippen LogP contribution in [-0.4, -0.2) is 39.9 Å². The molecule has 0 N–H and O–H groups in total. The number of rotatable bonds is 3. The van der Waals surface area contributed by atoms with Gasteiger partial charge < -0.3 is 14.3 Å². The van der Waals surface area contributed by atoms with E-state index in [0.717, 1.165) is 24.9 Å². The van der Waals surface area contributed by atoms with Crippen molar-refractivity contribution in [2.75, 3.05) is 18.0 Å². The molecule has 2 fully saturated rings. The number of benzene rings is 1. The number of aromatic nitrogens is 2. The highest BCUT2D eigenvalue weighted by atomic mass is 16.5. The molecule has 2 aliphatic heterocycles. The Morgan fingerprint density at radius 1 is 1.28 bits per heavy atom. The third-order valence-corrected chi connectivity index (χ3v) is 4.83. The Morgan fingerprint density at radius 2 is 2.16 bits per heavy atom. The third kappa shape index (κ3) is 2.90. The van der Waals surface area contributed by atoms with Gasteiger partial charge in [0.1, 0.15) is 0 Å². The molecule has 3 heterocycles. The van der Waals surface area contributed by atoms with Gasteiger partial charge in [0.05, 0.1) is 6.04 Å². The molecule has 0 saturated carbocycles. The Hall–Kier alpha value is -2.70. The molecular weight excluding hydrogens is 320 g/mol. The summed E-state index contributed by atoms with van der Waals surface area (Å²) in [5.74, 6) is 1.13. The summed E-state index contributed by atoms with van der Waals surface area (Å²) in [6.07, 6.45) is 3.18. The van der Waals surface area contributed by atoms with Gasteiger partial charge in [-0.15, -0.1) is 0 Å². The molecule has 4 rings (SSSR count). The second-order valence-corrected chi connectivity index (χ2v) is 6.53. The monoisotopic (exact) mass is 340 g/mol. The van der Waals surface area contributed by atoms with Crippen LogP contribution in [-0.2, 0) is 4.79 Å². The van der Waals surface area contributed by atoms with Gasteiger partial charge in [0.2, 0.25) is 11.8 Å². The first-order valence-corrected chi connectivity index (χ1v) is 8.65. The van der Waals surface area contributed by atoms with Crippen LogP contribution in [0.5, 0.6) is 0 Å². The molecule has 1 aromatic heterocycles. The topological polar surface area (TPSA) is 79.5 Å². The molecule has 1 atom stereocenters. The Labute approximate surface area is 145 Å². The Kier molecular flexibility index (Phi) is 3.99. The minimum absolute atomic E-state index is 0.0570. The summed E-state index contributed by atoms with van der Waals surface area (Å²) < 4.78 is 5.07. The zero-order valence-corrected chi connectivity index (χ0v) is 14.1. The van der Waals surface area contributed by atoms with Crippen LogP contribution < -0.4 is 4.90 Å². The lowest BCUT2D eigenvalue weighted by atomic mass is 10.1. The lowest BCUT2D eigenvalue weighted by molar-refractivity contribution is -0.117. The fourth-order valence-electron chi connectivity index (χ4n) is 3.62. The SMILES string of the molecule is Cc1nc([C@@H]2CCCN2C(=O)c2cccc(N3CCCC3=O)c2)no1. The summed E-state index contributed by atoms with van der Waals surface area (Å²) in [5, 5.41) is 3.98. The Morgan fingerprint density at radius 3 is 2.88 bits per heavy atom. The summed E-state index contributed by atoms with van der Waals surface area (Å²) in [6, 6.07) is 7.16. The first kappa shape index (κ1) is 15.8. The molecule has 2 amide bonds. The van der Waals surface area contributed by atoms with Crippen LogP contribution in [0.15, 0.2) is 28.8 Å². The Bertz CT molecular complexity index is 816. The zero-order chi connectivity index (χ0) is 17.4. The van der Waals surface area contributed by atoms with E-state index in [1.165, 1.54) is 0 Å². The maximum absolute atomic E-state index is 13.0. The van der Waals surface area contributed by atoms with Crippen LogP contribution in [0.4, 0.5) is 5.69 Å². The van der Waals surface area contributed by atoms with Crippen molar-refractivity contribution in [3.05, 3.63) is 41.5 Å². The van der Waals surface area contributed by atoms with Gasteiger partial charge in [0.15, 0.2) is 5.82 Å². The summed E-state index contributed by atoms with van der Waals surface area (Å²) in [6.45, 7) is 3.13. The molecule has 7 heteroatoms. The minimum Gasteiger partial charge on any atom is -0.340 e. The number of hydrogen-bond acceptors (Lipinski definition) is 5. The zero-order valence-electron chi connectivity index (χ0n) is 14.1. The third-order valence-electron chi connectivity index (χ3n) is 4.83. The highest BCUT2D eigenvalue weighted by molar-refractivity contribution is 5.99. The van der Waals surface area contributed by atoms with Crippen LogP contribution in [0.1, 0.15) is 53.8 Å². The maximum atomic E-state index is 13.0. The van der Waals surface area contributed by atoms with Crippen LogP contribution in [0.3, 0.4) is 0 Å². The van der Waals surface area contributed by atoms with Crippen molar-refractivity contribution < 1.29 is 14.1 Å². The highest BCUT2D eigenvalue weighted by Crippen LogP contribution is 2.32. The number of aryl methyl sites for hydroxylation is 1. The Balaban J connectivity index is 1.59. The predicted octanol–water partition coefficient (Wildman–Crippen LogP) is 2.48. The van der Waals surface area contributed by atoms with E-state index in [4.69, 9.17) is 4.52 Å². The summed E-state index contributed by atoms with van der Waals surface area (Å²) in [4.78, 5) is 32.8. The molecule has 25 heavy (non-hydrogen) atoms. The average molecular weight is 340 g/mol. The van der Waals surface area contributed by atoms with Gasteiger partial charge in [-0.3, -0.25) is 9.59 Å². The van der Waals surface area contributed by atoms with Crippen molar-refractivity contribution in [2.45, 2.75) is 38.6 Å². The summed E-state index contributed by atoms with van der Waals surface area (Å²) >= 11 is 0. The van der Waals surface area contributed by atoms with Crippen molar-refractivity contribution in [2.24, 2.45) is 0 Å². The fraction of sp³-hybridized carbons (Fsp3) is 0.444. The largest absolute Gasteiger partial charge is 0.340 e. The first-order chi connectivity index (χ1) is 12.1. The fourth-order valence-corrected chi connectivity index (χ4v) is 3.62. The average Bonchev–Trinajstić information content (AvgIpc) is 3.34. The first-order valence-electron chi connectivity index (χ1n) is 8.65. The quantitative estimate of drug-likeness (QED) is 0.857. The molecule has 130 valence electrons. The van der Waals surface area contributed by atoms with E-state index < -0.39 is 0 Å². The van der Waals surface area contributed by atoms with Gasteiger partial charge >= 0.3 is 0 Å². The lowest BCUT2D eigenvalue weighted by Gasteiger charge is -2.23. The molecule has 0 aliphatic carbocycles. The number of amides is 2. The van der Waals surface area contributed by atoms with E-state index in [0.29, 0.717) is 36.8 Å². The normalized spacial score (nSPS) is 20.5. The van der Waals surface area contributed by atoms with Crippen LogP contribution in [0.25, 0.3) is 0 Å². The summed E-state index contributed by atoms with van der Waals surface area (Å²) in [5.41, 5.74) is 1.38. The molecule has 0 spiro atoms. The van der Waals surface area contributed by atoms with Gasteiger partial charge in [0.25, 0.3) is 5.91 Å². The van der Waals surface area contributed by atoms with E-state index in [1.54, 1.807) is 22.8 Å². The van der Waals surface area contributed by atoms with Crippen molar-refractivity contribution in [3.63, 3.8) is 0 Å². The van der Waals surface area contributed by atoms with Gasteiger partial charge in [-0.25, -0.2) is 0 Å². The molecule has 2 aromatic rings. The molecule has 0 bridgehead atoms. The highest BCUT2D eigenvalue weighted by Gasteiger charge is 2.34. The van der Waals surface area contributed by atoms with Gasteiger partial charge in [0, 0.05) is 37.7 Å². The van der Waals surface area contributed by atoms with Gasteiger partial charge in [-0.1, -0.05) is 11.2 Å². The summed E-state index contributed by atoms with van der Waals surface area (Å²) in [7, 11) is 0. The van der Waals surface area contributed by atoms with Gasteiger partial charge in [-0.05, 0) is 37.5 Å². The van der Waals surface area contributed by atoms with Crippen molar-refractivity contribution >= 4 is 17.5 Å². The number of carbonyl (C=O) groups is 2. The van der Waals surface area contributed by atoms with Crippen LogP contribution in [0, 0.1) is 6.92 Å². The maximum Gasteiger partial charge on any atom is 0.254 e. The molecule has 7 nitrogen and oxygen atoms in total. The number of carbonyl (C=O) groups excluding carboxylic acids is 2. The van der Waals surface area contributed by atoms with Gasteiger partial charge in [-0.2, -0.15) is 4.98 Å². The van der Waals surface area contributed by atoms with Crippen molar-refractivity contribution in [1.29, 1.82) is 0 Å². The molecule has 0 radical (unpaired) electrons. The number of anilines is 1. The molecule has 2 saturated heterocycles. The van der Waals surface area contributed by atoms with Crippen molar-refractivity contribution in [3.8, 4) is 0 Å². The van der Waals surface area contributed by atoms with E-state index >= 15 is 0 Å². The van der Waals surface area contributed by atoms with Crippen LogP contribution in [0.2, 0.25) is 0 Å². The van der Waals surface area contributed by atoms with Crippen LogP contribution >= 0.6 is 0 Å². The lowest BCUT2D eigenvalue weighted by Crippen LogP contribution is -2.31. The smallest absolute Gasteiger partial charge is 0.254 e. The van der Waals surface area contributed by atoms with E-state index in [2.05, 4.69) is 10.1 Å². The number of likely N-dealkylation sites (tertiary alicyclic amines) is 1. The molecular formula is C18H20N4O3. The number of nitrogens with zero attached hydrogens (tertiary/aromatic N) is 4. The standard InChI is InChI=1S/C18H20N4O3/c1-12-19-17(20-25-12)15-7-3-10-22(15)18(24)13-5-2-6-14(11-13)21-9-4-8-16(21)23/h2,5-6,11,15H,3-4,7-10H2,1H3/t15-/m0/s1. The second-order valence-electron chi connectivity index (χ2n) is 6.53. The molecule has 2 aliphatic rings. The molecule has 0 unspecified atom stereocenters. The number of hydrogen-bond donors (Lipinski definition) is 0. The second kappa shape index (κ2) is 6.31. The predicted molar refractivity (Wildman–Crippen MR) is 90.1 cm³/mol.